The monoisotopic (exact) mass is 277 g/mol. The molecule has 1 aromatic carbocycles. The number of aryl methyl sites for hydroxylation is 1. The summed E-state index contributed by atoms with van der Waals surface area (Å²) in [5, 5.41) is 10.7. The topological polar surface area (TPSA) is 49.8 Å². The second-order valence-corrected chi connectivity index (χ2v) is 5.76. The Kier molecular flexibility index (Phi) is 4.04. The summed E-state index contributed by atoms with van der Waals surface area (Å²) in [6.45, 7) is 5.96. The molecular formula is C16H23NO3. The molecule has 1 fully saturated rings. The number of rotatable bonds is 5. The van der Waals surface area contributed by atoms with Crippen molar-refractivity contribution in [2.45, 2.75) is 51.4 Å². The molecule has 0 spiro atoms. The molecule has 2 rings (SSSR count). The van der Waals surface area contributed by atoms with Crippen LogP contribution in [0.3, 0.4) is 0 Å². The van der Waals surface area contributed by atoms with Gasteiger partial charge >= 0.3 is 6.09 Å². The van der Waals surface area contributed by atoms with E-state index < -0.39 is 17.4 Å². The first-order valence-electron chi connectivity index (χ1n) is 7.17. The van der Waals surface area contributed by atoms with Crippen molar-refractivity contribution >= 4 is 6.09 Å². The van der Waals surface area contributed by atoms with Crippen LogP contribution < -0.4 is 0 Å². The maximum absolute atomic E-state index is 12.0. The Balaban J connectivity index is 2.11. The van der Waals surface area contributed by atoms with Crippen LogP contribution >= 0.6 is 0 Å². The summed E-state index contributed by atoms with van der Waals surface area (Å²) in [7, 11) is 0. The Bertz CT molecular complexity index is 472. The van der Waals surface area contributed by atoms with E-state index in [1.807, 2.05) is 44.2 Å². The first kappa shape index (κ1) is 14.9. The van der Waals surface area contributed by atoms with Crippen molar-refractivity contribution in [2.75, 3.05) is 6.54 Å². The number of ether oxygens (including phenoxy) is 1. The Morgan fingerprint density at radius 2 is 1.90 bits per heavy atom. The largest absolute Gasteiger partial charge is 0.438 e. The molecule has 110 valence electrons. The fraction of sp³-hybridized carbons (Fsp3) is 0.562. The highest BCUT2D eigenvalue weighted by Crippen LogP contribution is 2.40. The number of aliphatic hydroxyl groups is 1. The molecule has 0 aromatic heterocycles. The fourth-order valence-electron chi connectivity index (χ4n) is 2.66. The van der Waals surface area contributed by atoms with Crippen LogP contribution in [-0.4, -0.2) is 34.0 Å². The zero-order chi connectivity index (χ0) is 14.8. The lowest BCUT2D eigenvalue weighted by atomic mass is 9.87. The SMILES string of the molecule is CCCN1C(=O)O[C@](C)(CCc2ccccc2)[C@]1(C)O. The van der Waals surface area contributed by atoms with Gasteiger partial charge in [-0.3, -0.25) is 4.90 Å². The zero-order valence-corrected chi connectivity index (χ0v) is 12.4. The number of hydrogen-bond acceptors (Lipinski definition) is 3. The molecule has 0 unspecified atom stereocenters. The van der Waals surface area contributed by atoms with Crippen molar-refractivity contribution in [1.82, 2.24) is 4.90 Å². The molecule has 1 saturated heterocycles. The minimum atomic E-state index is -1.27. The average molecular weight is 277 g/mol. The van der Waals surface area contributed by atoms with Gasteiger partial charge in [0.25, 0.3) is 0 Å². The van der Waals surface area contributed by atoms with E-state index in [1.54, 1.807) is 6.92 Å². The van der Waals surface area contributed by atoms with Crippen LogP contribution in [0.1, 0.15) is 39.2 Å². The van der Waals surface area contributed by atoms with Crippen LogP contribution in [-0.2, 0) is 11.2 Å². The molecule has 2 atom stereocenters. The molecule has 0 saturated carbocycles. The van der Waals surface area contributed by atoms with E-state index >= 15 is 0 Å². The summed E-state index contributed by atoms with van der Waals surface area (Å²) >= 11 is 0. The van der Waals surface area contributed by atoms with Gasteiger partial charge in [0.15, 0.2) is 11.3 Å². The third-order valence-corrected chi connectivity index (χ3v) is 4.24. The third kappa shape index (κ3) is 2.52. The highest BCUT2D eigenvalue weighted by atomic mass is 16.6. The lowest BCUT2D eigenvalue weighted by Crippen LogP contribution is -2.55. The first-order chi connectivity index (χ1) is 9.40. The van der Waals surface area contributed by atoms with Crippen LogP contribution in [0, 0.1) is 0 Å². The molecule has 0 bridgehead atoms. The lowest BCUT2D eigenvalue weighted by Gasteiger charge is -2.37. The van der Waals surface area contributed by atoms with Crippen LogP contribution in [0.4, 0.5) is 4.79 Å². The fourth-order valence-corrected chi connectivity index (χ4v) is 2.66. The Labute approximate surface area is 120 Å². The van der Waals surface area contributed by atoms with Crippen molar-refractivity contribution in [3.8, 4) is 0 Å². The van der Waals surface area contributed by atoms with E-state index in [9.17, 15) is 9.90 Å². The summed E-state index contributed by atoms with van der Waals surface area (Å²) < 4.78 is 5.49. The summed E-state index contributed by atoms with van der Waals surface area (Å²) in [5.74, 6) is 0. The quantitative estimate of drug-likeness (QED) is 0.900. The number of cyclic esters (lactones) is 1. The highest BCUT2D eigenvalue weighted by Gasteiger charge is 2.58. The van der Waals surface area contributed by atoms with Gasteiger partial charge in [-0.05, 0) is 38.7 Å². The van der Waals surface area contributed by atoms with E-state index in [0.29, 0.717) is 13.0 Å². The second kappa shape index (κ2) is 5.44. The van der Waals surface area contributed by atoms with E-state index in [0.717, 1.165) is 12.8 Å². The number of carbonyl (C=O) groups excluding carboxylic acids is 1. The second-order valence-electron chi connectivity index (χ2n) is 5.76. The van der Waals surface area contributed by atoms with Crippen molar-refractivity contribution in [2.24, 2.45) is 0 Å². The molecule has 1 aliphatic rings. The summed E-state index contributed by atoms with van der Waals surface area (Å²) in [4.78, 5) is 13.4. The number of benzene rings is 1. The van der Waals surface area contributed by atoms with Gasteiger partial charge in [-0.25, -0.2) is 4.79 Å². The molecular weight excluding hydrogens is 254 g/mol. The van der Waals surface area contributed by atoms with Crippen LogP contribution in [0.15, 0.2) is 30.3 Å². The normalized spacial score (nSPS) is 29.6. The summed E-state index contributed by atoms with van der Waals surface area (Å²) in [6, 6.07) is 10.0. The smallest absolute Gasteiger partial charge is 0.412 e. The van der Waals surface area contributed by atoms with Gasteiger partial charge < -0.3 is 9.84 Å². The predicted octanol–water partition coefficient (Wildman–Crippen LogP) is 2.95. The summed E-state index contributed by atoms with van der Waals surface area (Å²) in [6.07, 6.45) is 1.73. The molecule has 4 heteroatoms. The average Bonchev–Trinajstić information content (AvgIpc) is 2.58. The molecule has 1 aliphatic heterocycles. The minimum Gasteiger partial charge on any atom is -0.438 e. The maximum atomic E-state index is 12.0. The predicted molar refractivity (Wildman–Crippen MR) is 77.3 cm³/mol. The van der Waals surface area contributed by atoms with Crippen molar-refractivity contribution < 1.29 is 14.6 Å². The Hall–Kier alpha value is -1.55. The molecule has 1 amide bonds. The lowest BCUT2D eigenvalue weighted by molar-refractivity contribution is -0.139. The molecule has 1 heterocycles. The number of carbonyl (C=O) groups is 1. The van der Waals surface area contributed by atoms with Gasteiger partial charge in [0.1, 0.15) is 0 Å². The van der Waals surface area contributed by atoms with Gasteiger partial charge in [0.05, 0.1) is 0 Å². The molecule has 0 aliphatic carbocycles. The van der Waals surface area contributed by atoms with Crippen molar-refractivity contribution in [3.05, 3.63) is 35.9 Å². The number of amides is 1. The van der Waals surface area contributed by atoms with Crippen LogP contribution in [0.2, 0.25) is 0 Å². The number of nitrogens with zero attached hydrogens (tertiary/aromatic N) is 1. The van der Waals surface area contributed by atoms with Crippen LogP contribution in [0.25, 0.3) is 0 Å². The molecule has 0 radical (unpaired) electrons. The molecule has 1 N–H and O–H groups in total. The van der Waals surface area contributed by atoms with Gasteiger partial charge in [0.2, 0.25) is 0 Å². The van der Waals surface area contributed by atoms with E-state index in [2.05, 4.69) is 0 Å². The first-order valence-corrected chi connectivity index (χ1v) is 7.17. The standard InChI is InChI=1S/C16H23NO3/c1-4-12-17-14(18)20-15(2,16(17,3)19)11-10-13-8-6-5-7-9-13/h5-9,19H,4,10-12H2,1-3H3/t15-,16+/m1/s1. The van der Waals surface area contributed by atoms with E-state index in [-0.39, 0.29) is 0 Å². The molecule has 20 heavy (non-hydrogen) atoms. The summed E-state index contributed by atoms with van der Waals surface area (Å²) in [5.41, 5.74) is -0.973. The van der Waals surface area contributed by atoms with Crippen molar-refractivity contribution in [1.29, 1.82) is 0 Å². The molecule has 4 nitrogen and oxygen atoms in total. The number of hydrogen-bond donors (Lipinski definition) is 1. The minimum absolute atomic E-state index is 0.424. The van der Waals surface area contributed by atoms with Gasteiger partial charge in [-0.1, -0.05) is 37.3 Å². The van der Waals surface area contributed by atoms with Crippen molar-refractivity contribution in [3.63, 3.8) is 0 Å². The molecule has 1 aromatic rings. The zero-order valence-electron chi connectivity index (χ0n) is 12.4. The third-order valence-electron chi connectivity index (χ3n) is 4.24. The van der Waals surface area contributed by atoms with Gasteiger partial charge in [-0.2, -0.15) is 0 Å². The van der Waals surface area contributed by atoms with Gasteiger partial charge in [-0.15, -0.1) is 0 Å². The van der Waals surface area contributed by atoms with E-state index in [4.69, 9.17) is 4.74 Å². The van der Waals surface area contributed by atoms with Crippen LogP contribution in [0.5, 0.6) is 0 Å². The Morgan fingerprint density at radius 3 is 2.50 bits per heavy atom. The Morgan fingerprint density at radius 1 is 1.25 bits per heavy atom. The van der Waals surface area contributed by atoms with Gasteiger partial charge in [0, 0.05) is 6.54 Å². The van der Waals surface area contributed by atoms with E-state index in [1.165, 1.54) is 10.5 Å². The highest BCUT2D eigenvalue weighted by molar-refractivity contribution is 5.72. The maximum Gasteiger partial charge on any atom is 0.412 e.